The van der Waals surface area contributed by atoms with Crippen LogP contribution in [0.4, 0.5) is 0 Å². The van der Waals surface area contributed by atoms with Gasteiger partial charge in [-0.25, -0.2) is 0 Å². The fourth-order valence-corrected chi connectivity index (χ4v) is 2.44. The monoisotopic (exact) mass is 257 g/mol. The van der Waals surface area contributed by atoms with E-state index >= 15 is 0 Å². The molecule has 4 heteroatoms. The van der Waals surface area contributed by atoms with Crippen molar-refractivity contribution in [1.82, 2.24) is 10.6 Å². The Morgan fingerprint density at radius 3 is 2.59 bits per heavy atom. The second kappa shape index (κ2) is 8.67. The van der Waals surface area contributed by atoms with E-state index in [1.54, 1.807) is 0 Å². The van der Waals surface area contributed by atoms with Gasteiger partial charge in [-0.1, -0.05) is 6.92 Å². The van der Waals surface area contributed by atoms with Crippen LogP contribution >= 0.6 is 11.8 Å². The van der Waals surface area contributed by atoms with E-state index in [1.807, 2.05) is 11.8 Å². The Kier molecular flexibility index (Phi) is 7.49. The maximum atomic E-state index is 4.59. The minimum Gasteiger partial charge on any atom is -0.357 e. The molecule has 0 heterocycles. The Labute approximate surface area is 110 Å². The van der Waals surface area contributed by atoms with E-state index in [9.17, 15) is 0 Å². The number of aliphatic imine (C=N–C) groups is 1. The third kappa shape index (κ3) is 6.20. The lowest BCUT2D eigenvalue weighted by Crippen LogP contribution is -2.44. The van der Waals surface area contributed by atoms with E-state index in [0.717, 1.165) is 30.7 Å². The Balaban J connectivity index is 2.34. The Hall–Kier alpha value is -0.380. The molecule has 0 aromatic carbocycles. The first-order valence-corrected chi connectivity index (χ1v) is 8.19. The van der Waals surface area contributed by atoms with E-state index < -0.39 is 0 Å². The van der Waals surface area contributed by atoms with Crippen molar-refractivity contribution < 1.29 is 0 Å². The molecule has 0 spiro atoms. The molecule has 1 fully saturated rings. The van der Waals surface area contributed by atoms with E-state index in [0.29, 0.717) is 6.04 Å². The predicted molar refractivity (Wildman–Crippen MR) is 78.9 cm³/mol. The molecule has 0 aliphatic heterocycles. The minimum atomic E-state index is 0.623. The van der Waals surface area contributed by atoms with Crippen LogP contribution in [0.1, 0.15) is 39.5 Å². The molecular weight excluding hydrogens is 230 g/mol. The van der Waals surface area contributed by atoms with Gasteiger partial charge >= 0.3 is 0 Å². The van der Waals surface area contributed by atoms with Crippen molar-refractivity contribution in [2.75, 3.05) is 25.1 Å². The van der Waals surface area contributed by atoms with Crippen LogP contribution in [0.25, 0.3) is 0 Å². The molecule has 1 aliphatic carbocycles. The van der Waals surface area contributed by atoms with Gasteiger partial charge < -0.3 is 10.6 Å². The molecule has 0 bridgehead atoms. The summed E-state index contributed by atoms with van der Waals surface area (Å²) in [6.45, 7) is 6.32. The van der Waals surface area contributed by atoms with E-state index in [4.69, 9.17) is 0 Å². The number of hydrogen-bond donors (Lipinski definition) is 2. The van der Waals surface area contributed by atoms with Gasteiger partial charge in [-0.2, -0.15) is 11.8 Å². The van der Waals surface area contributed by atoms with Gasteiger partial charge in [0.25, 0.3) is 0 Å². The van der Waals surface area contributed by atoms with Crippen LogP contribution in [0.15, 0.2) is 4.99 Å². The number of nitrogens with zero attached hydrogens (tertiary/aromatic N) is 1. The van der Waals surface area contributed by atoms with Crippen molar-refractivity contribution >= 4 is 17.7 Å². The smallest absolute Gasteiger partial charge is 0.191 e. The van der Waals surface area contributed by atoms with Crippen molar-refractivity contribution in [2.24, 2.45) is 10.9 Å². The van der Waals surface area contributed by atoms with Crippen molar-refractivity contribution in [2.45, 2.75) is 45.6 Å². The van der Waals surface area contributed by atoms with Gasteiger partial charge in [0.05, 0.1) is 6.54 Å². The molecule has 2 N–H and O–H groups in total. The van der Waals surface area contributed by atoms with Crippen LogP contribution in [0, 0.1) is 5.92 Å². The summed E-state index contributed by atoms with van der Waals surface area (Å²) in [7, 11) is 0. The largest absolute Gasteiger partial charge is 0.357 e. The molecule has 0 saturated heterocycles. The summed E-state index contributed by atoms with van der Waals surface area (Å²) in [6, 6.07) is 0.623. The predicted octanol–water partition coefficient (Wildman–Crippen LogP) is 2.48. The van der Waals surface area contributed by atoms with Crippen molar-refractivity contribution in [3.63, 3.8) is 0 Å². The number of guanidine groups is 1. The second-order valence-electron chi connectivity index (χ2n) is 4.85. The van der Waals surface area contributed by atoms with E-state index in [1.165, 1.54) is 25.7 Å². The average molecular weight is 257 g/mol. The van der Waals surface area contributed by atoms with Crippen LogP contribution in [-0.2, 0) is 0 Å². The van der Waals surface area contributed by atoms with Crippen molar-refractivity contribution in [3.8, 4) is 0 Å². The summed E-state index contributed by atoms with van der Waals surface area (Å²) >= 11 is 1.85. The molecule has 17 heavy (non-hydrogen) atoms. The molecule has 0 amide bonds. The van der Waals surface area contributed by atoms with E-state index in [-0.39, 0.29) is 0 Å². The standard InChI is InChI=1S/C13H27N3S/c1-4-14-13(15-9-10-17-3)16-12-7-5-11(2)6-8-12/h11-12H,4-10H2,1-3H3,(H2,14,15,16). The van der Waals surface area contributed by atoms with Crippen molar-refractivity contribution in [1.29, 1.82) is 0 Å². The summed E-state index contributed by atoms with van der Waals surface area (Å²) in [4.78, 5) is 4.59. The van der Waals surface area contributed by atoms with Crippen LogP contribution in [0.3, 0.4) is 0 Å². The summed E-state index contributed by atoms with van der Waals surface area (Å²) < 4.78 is 0. The topological polar surface area (TPSA) is 36.4 Å². The number of nitrogens with one attached hydrogen (secondary N) is 2. The SMILES string of the molecule is CCNC(=NCCSC)NC1CCC(C)CC1. The molecule has 1 rings (SSSR count). The zero-order valence-electron chi connectivity index (χ0n) is 11.5. The highest BCUT2D eigenvalue weighted by molar-refractivity contribution is 7.98. The van der Waals surface area contributed by atoms with Crippen molar-refractivity contribution in [3.05, 3.63) is 0 Å². The lowest BCUT2D eigenvalue weighted by atomic mass is 9.87. The van der Waals surface area contributed by atoms with Gasteiger partial charge in [0.15, 0.2) is 5.96 Å². The Morgan fingerprint density at radius 2 is 2.00 bits per heavy atom. The lowest BCUT2D eigenvalue weighted by Gasteiger charge is -2.28. The molecule has 1 aliphatic rings. The first-order valence-electron chi connectivity index (χ1n) is 6.80. The molecule has 0 aromatic heterocycles. The molecule has 0 unspecified atom stereocenters. The quantitative estimate of drug-likeness (QED) is 0.451. The zero-order valence-corrected chi connectivity index (χ0v) is 12.3. The lowest BCUT2D eigenvalue weighted by molar-refractivity contribution is 0.329. The summed E-state index contributed by atoms with van der Waals surface area (Å²) in [5.41, 5.74) is 0. The molecule has 0 radical (unpaired) electrons. The van der Waals surface area contributed by atoms with Crippen LogP contribution in [0.2, 0.25) is 0 Å². The number of hydrogen-bond acceptors (Lipinski definition) is 2. The van der Waals surface area contributed by atoms with E-state index in [2.05, 4.69) is 35.7 Å². The summed E-state index contributed by atoms with van der Waals surface area (Å²) in [6.07, 6.45) is 7.39. The molecule has 3 nitrogen and oxygen atoms in total. The number of rotatable bonds is 5. The van der Waals surface area contributed by atoms with Gasteiger partial charge in [0.2, 0.25) is 0 Å². The van der Waals surface area contributed by atoms with Gasteiger partial charge in [-0.15, -0.1) is 0 Å². The fourth-order valence-electron chi connectivity index (χ4n) is 2.17. The third-order valence-electron chi connectivity index (χ3n) is 3.27. The van der Waals surface area contributed by atoms with Gasteiger partial charge in [0, 0.05) is 18.3 Å². The van der Waals surface area contributed by atoms with Gasteiger partial charge in [-0.05, 0) is 44.8 Å². The van der Waals surface area contributed by atoms with Gasteiger partial charge in [-0.3, -0.25) is 4.99 Å². The summed E-state index contributed by atoms with van der Waals surface area (Å²) in [5.74, 6) is 3.00. The Bertz CT molecular complexity index is 223. The van der Waals surface area contributed by atoms with Crippen LogP contribution < -0.4 is 10.6 Å². The first-order chi connectivity index (χ1) is 8.26. The summed E-state index contributed by atoms with van der Waals surface area (Å²) in [5, 5.41) is 6.90. The molecule has 0 aromatic rings. The maximum absolute atomic E-state index is 4.59. The molecule has 100 valence electrons. The van der Waals surface area contributed by atoms with Gasteiger partial charge in [0.1, 0.15) is 0 Å². The molecular formula is C13H27N3S. The zero-order chi connectivity index (χ0) is 12.5. The molecule has 1 saturated carbocycles. The second-order valence-corrected chi connectivity index (χ2v) is 5.84. The highest BCUT2D eigenvalue weighted by Crippen LogP contribution is 2.23. The fraction of sp³-hybridized carbons (Fsp3) is 0.923. The highest BCUT2D eigenvalue weighted by Gasteiger charge is 2.18. The average Bonchev–Trinajstić information content (AvgIpc) is 2.32. The number of thioether (sulfide) groups is 1. The first kappa shape index (κ1) is 14.7. The van der Waals surface area contributed by atoms with Crippen LogP contribution in [-0.4, -0.2) is 37.1 Å². The minimum absolute atomic E-state index is 0.623. The van der Waals surface area contributed by atoms with Crippen LogP contribution in [0.5, 0.6) is 0 Å². The third-order valence-corrected chi connectivity index (χ3v) is 3.86. The molecule has 0 atom stereocenters. The highest BCUT2D eigenvalue weighted by atomic mass is 32.2. The normalized spacial score (nSPS) is 25.7. The Morgan fingerprint density at radius 1 is 1.29 bits per heavy atom. The maximum Gasteiger partial charge on any atom is 0.191 e.